The van der Waals surface area contributed by atoms with Crippen molar-refractivity contribution in [3.05, 3.63) is 21.9 Å². The third-order valence-corrected chi connectivity index (χ3v) is 4.78. The van der Waals surface area contributed by atoms with Crippen LogP contribution in [0.15, 0.2) is 11.4 Å². The molecule has 0 aliphatic carbocycles. The Balaban J connectivity index is 2.06. The normalized spacial score (nSPS) is 16.3. The van der Waals surface area contributed by atoms with Gasteiger partial charge in [0.15, 0.2) is 0 Å². The van der Waals surface area contributed by atoms with Gasteiger partial charge in [0.1, 0.15) is 4.88 Å². The molecular weight excluding hydrogens is 284 g/mol. The number of rotatable bonds is 3. The number of nitrogens with zero attached hydrogens (tertiary/aromatic N) is 2. The number of carbonyl (C=O) groups is 1. The van der Waals surface area contributed by atoms with E-state index in [-0.39, 0.29) is 12.5 Å². The predicted molar refractivity (Wildman–Crippen MR) is 85.5 cm³/mol. The van der Waals surface area contributed by atoms with Crippen LogP contribution in [0, 0.1) is 11.8 Å². The lowest BCUT2D eigenvalue weighted by Gasteiger charge is -2.35. The second-order valence-electron chi connectivity index (χ2n) is 5.39. The monoisotopic (exact) mass is 306 g/mol. The van der Waals surface area contributed by atoms with Crippen molar-refractivity contribution in [1.82, 2.24) is 9.80 Å². The smallest absolute Gasteiger partial charge is 0.265 e. The molecule has 0 saturated carbocycles. The van der Waals surface area contributed by atoms with Crippen molar-refractivity contribution < 1.29 is 9.90 Å². The highest BCUT2D eigenvalue weighted by molar-refractivity contribution is 7.12. The summed E-state index contributed by atoms with van der Waals surface area (Å²) in [6, 6.07) is 2.19. The SMILES string of the molecule is CN1CCC(N(C)C(=O)c2sccc2C#CCCO)CC1. The Kier molecular flexibility index (Phi) is 5.80. The fourth-order valence-electron chi connectivity index (χ4n) is 2.50. The van der Waals surface area contributed by atoms with Crippen LogP contribution in [0.1, 0.15) is 34.5 Å². The highest BCUT2D eigenvalue weighted by Crippen LogP contribution is 2.22. The Morgan fingerprint density at radius 2 is 2.24 bits per heavy atom. The van der Waals surface area contributed by atoms with Gasteiger partial charge in [0.25, 0.3) is 5.91 Å². The van der Waals surface area contributed by atoms with Gasteiger partial charge in [0.2, 0.25) is 0 Å². The first-order valence-electron chi connectivity index (χ1n) is 7.26. The fraction of sp³-hybridized carbons (Fsp3) is 0.562. The number of aliphatic hydroxyl groups is 1. The van der Waals surface area contributed by atoms with Crippen LogP contribution in [0.3, 0.4) is 0 Å². The zero-order valence-corrected chi connectivity index (χ0v) is 13.4. The molecule has 1 fully saturated rings. The topological polar surface area (TPSA) is 43.8 Å². The summed E-state index contributed by atoms with van der Waals surface area (Å²) in [7, 11) is 4.01. The summed E-state index contributed by atoms with van der Waals surface area (Å²) in [6.07, 6.45) is 2.49. The third-order valence-electron chi connectivity index (χ3n) is 3.88. The number of carbonyl (C=O) groups excluding carboxylic acids is 1. The van der Waals surface area contributed by atoms with E-state index in [9.17, 15) is 4.79 Å². The summed E-state index contributed by atoms with van der Waals surface area (Å²) in [6.45, 7) is 2.13. The molecule has 21 heavy (non-hydrogen) atoms. The van der Waals surface area contributed by atoms with Gasteiger partial charge in [0, 0.05) is 25.1 Å². The molecule has 1 aromatic rings. The van der Waals surface area contributed by atoms with Gasteiger partial charge in [0.05, 0.1) is 6.61 Å². The lowest BCUT2D eigenvalue weighted by Crippen LogP contribution is -2.44. The van der Waals surface area contributed by atoms with E-state index in [0.717, 1.165) is 31.5 Å². The molecule has 0 spiro atoms. The average Bonchev–Trinajstić information content (AvgIpc) is 2.95. The first-order chi connectivity index (χ1) is 10.1. The van der Waals surface area contributed by atoms with E-state index in [2.05, 4.69) is 23.8 Å². The van der Waals surface area contributed by atoms with Crippen LogP contribution in [0.4, 0.5) is 0 Å². The van der Waals surface area contributed by atoms with Gasteiger partial charge in [-0.1, -0.05) is 11.8 Å². The fourth-order valence-corrected chi connectivity index (χ4v) is 3.33. The Bertz CT molecular complexity index is 536. The van der Waals surface area contributed by atoms with Crippen LogP contribution in [0.5, 0.6) is 0 Å². The lowest BCUT2D eigenvalue weighted by atomic mass is 10.0. The van der Waals surface area contributed by atoms with Gasteiger partial charge >= 0.3 is 0 Å². The summed E-state index contributed by atoms with van der Waals surface area (Å²) < 4.78 is 0. The molecule has 0 aromatic carbocycles. The van der Waals surface area contributed by atoms with E-state index < -0.39 is 0 Å². The molecule has 1 N–H and O–H groups in total. The molecule has 1 saturated heterocycles. The molecule has 1 aliphatic rings. The molecule has 2 rings (SSSR count). The minimum Gasteiger partial charge on any atom is -0.395 e. The number of hydrogen-bond donors (Lipinski definition) is 1. The molecule has 0 unspecified atom stereocenters. The van der Waals surface area contributed by atoms with Crippen LogP contribution in [-0.2, 0) is 0 Å². The molecule has 4 nitrogen and oxygen atoms in total. The molecule has 0 bridgehead atoms. The summed E-state index contributed by atoms with van der Waals surface area (Å²) in [5, 5.41) is 10.7. The third kappa shape index (κ3) is 4.07. The summed E-state index contributed by atoms with van der Waals surface area (Å²) >= 11 is 1.44. The summed E-state index contributed by atoms with van der Waals surface area (Å²) in [5.41, 5.74) is 0.776. The Morgan fingerprint density at radius 3 is 2.90 bits per heavy atom. The Labute approximate surface area is 130 Å². The van der Waals surface area contributed by atoms with E-state index in [1.165, 1.54) is 11.3 Å². The molecule has 114 valence electrons. The van der Waals surface area contributed by atoms with Crippen molar-refractivity contribution in [3.63, 3.8) is 0 Å². The van der Waals surface area contributed by atoms with Crippen molar-refractivity contribution in [2.75, 3.05) is 33.8 Å². The second-order valence-corrected chi connectivity index (χ2v) is 6.31. The lowest BCUT2D eigenvalue weighted by molar-refractivity contribution is 0.0664. The highest BCUT2D eigenvalue weighted by Gasteiger charge is 2.26. The molecule has 1 amide bonds. The summed E-state index contributed by atoms with van der Waals surface area (Å²) in [4.78, 5) is 17.5. The Hall–Kier alpha value is -1.35. The van der Waals surface area contributed by atoms with Crippen LogP contribution in [-0.4, -0.2) is 60.6 Å². The number of hydrogen-bond acceptors (Lipinski definition) is 4. The summed E-state index contributed by atoms with van der Waals surface area (Å²) in [5.74, 6) is 5.93. The maximum atomic E-state index is 12.6. The number of aliphatic hydroxyl groups excluding tert-OH is 1. The van der Waals surface area contributed by atoms with Crippen LogP contribution < -0.4 is 0 Å². The van der Waals surface area contributed by atoms with Crippen LogP contribution in [0.25, 0.3) is 0 Å². The molecule has 2 heterocycles. The predicted octanol–water partition coefficient (Wildman–Crippen LogP) is 1.65. The minimum atomic E-state index is 0.0515. The Morgan fingerprint density at radius 1 is 1.52 bits per heavy atom. The zero-order chi connectivity index (χ0) is 15.2. The van der Waals surface area contributed by atoms with E-state index in [4.69, 9.17) is 5.11 Å². The molecule has 0 atom stereocenters. The van der Waals surface area contributed by atoms with E-state index in [1.807, 2.05) is 23.4 Å². The van der Waals surface area contributed by atoms with Crippen LogP contribution in [0.2, 0.25) is 0 Å². The zero-order valence-electron chi connectivity index (χ0n) is 12.6. The standard InChI is InChI=1S/C16H22N2O2S/c1-17-9-6-14(7-10-17)18(2)16(20)15-13(8-12-21-15)5-3-4-11-19/h8,12,14,19H,4,6-7,9-11H2,1-2H3. The van der Waals surface area contributed by atoms with E-state index in [1.54, 1.807) is 0 Å². The second kappa shape index (κ2) is 7.60. The van der Waals surface area contributed by atoms with Crippen molar-refractivity contribution in [1.29, 1.82) is 0 Å². The first-order valence-corrected chi connectivity index (χ1v) is 8.14. The van der Waals surface area contributed by atoms with Gasteiger partial charge in [-0.3, -0.25) is 4.79 Å². The maximum Gasteiger partial charge on any atom is 0.265 e. The van der Waals surface area contributed by atoms with Gasteiger partial charge in [-0.05, 0) is 44.4 Å². The number of piperidine rings is 1. The molecule has 5 heteroatoms. The molecular formula is C16H22N2O2S. The van der Waals surface area contributed by atoms with Crippen molar-refractivity contribution in [2.24, 2.45) is 0 Å². The van der Waals surface area contributed by atoms with E-state index in [0.29, 0.717) is 17.3 Å². The van der Waals surface area contributed by atoms with Gasteiger partial charge in [-0.15, -0.1) is 11.3 Å². The van der Waals surface area contributed by atoms with Gasteiger partial charge in [-0.2, -0.15) is 0 Å². The van der Waals surface area contributed by atoms with Gasteiger partial charge < -0.3 is 14.9 Å². The maximum absolute atomic E-state index is 12.6. The van der Waals surface area contributed by atoms with Gasteiger partial charge in [-0.25, -0.2) is 0 Å². The van der Waals surface area contributed by atoms with Crippen molar-refractivity contribution in [3.8, 4) is 11.8 Å². The quantitative estimate of drug-likeness (QED) is 0.864. The largest absolute Gasteiger partial charge is 0.395 e. The highest BCUT2D eigenvalue weighted by atomic mass is 32.1. The van der Waals surface area contributed by atoms with Crippen molar-refractivity contribution in [2.45, 2.75) is 25.3 Å². The minimum absolute atomic E-state index is 0.0515. The van der Waals surface area contributed by atoms with Crippen LogP contribution >= 0.6 is 11.3 Å². The van der Waals surface area contributed by atoms with Crippen molar-refractivity contribution >= 4 is 17.2 Å². The number of likely N-dealkylation sites (tertiary alicyclic amines) is 1. The molecule has 1 aromatic heterocycles. The first kappa shape index (κ1) is 16.0. The molecule has 0 radical (unpaired) electrons. The van der Waals surface area contributed by atoms with E-state index >= 15 is 0 Å². The number of amides is 1. The number of thiophene rings is 1. The average molecular weight is 306 g/mol. The molecule has 1 aliphatic heterocycles.